The minimum Gasteiger partial charge on any atom is -0.490 e. The lowest BCUT2D eigenvalue weighted by Gasteiger charge is -2.26. The van der Waals surface area contributed by atoms with Gasteiger partial charge in [0.2, 0.25) is 5.76 Å². The first-order valence-corrected chi connectivity index (χ1v) is 11.8. The molecule has 0 N–H and O–H groups in total. The van der Waals surface area contributed by atoms with Crippen LogP contribution in [0.15, 0.2) is 69.9 Å². The number of ether oxygens (including phenoxy) is 2. The number of anilines is 1. The summed E-state index contributed by atoms with van der Waals surface area (Å²) in [5.74, 6) is -1.07. The number of fused-ring (bicyclic) bond motifs is 2. The Morgan fingerprint density at radius 1 is 0.921 bits per heavy atom. The average molecular weight is 527 g/mol. The highest BCUT2D eigenvalue weighted by molar-refractivity contribution is 6.10. The van der Waals surface area contributed by atoms with Gasteiger partial charge in [0.15, 0.2) is 16.9 Å². The van der Waals surface area contributed by atoms with Crippen molar-refractivity contribution in [2.24, 2.45) is 0 Å². The van der Waals surface area contributed by atoms with Gasteiger partial charge in [0.1, 0.15) is 11.4 Å². The molecule has 0 radical (unpaired) electrons. The van der Waals surface area contributed by atoms with Crippen molar-refractivity contribution in [2.75, 3.05) is 18.1 Å². The van der Waals surface area contributed by atoms with E-state index in [4.69, 9.17) is 13.9 Å². The molecule has 0 saturated carbocycles. The van der Waals surface area contributed by atoms with E-state index in [-0.39, 0.29) is 34.6 Å². The van der Waals surface area contributed by atoms with Gasteiger partial charge in [-0.15, -0.1) is 0 Å². The van der Waals surface area contributed by atoms with Gasteiger partial charge in [-0.1, -0.05) is 12.1 Å². The highest BCUT2D eigenvalue weighted by atomic mass is 19.4. The molecule has 10 heteroatoms. The number of rotatable bonds is 6. The number of amides is 1. The summed E-state index contributed by atoms with van der Waals surface area (Å²) in [6, 6.07) is 11.1. The Morgan fingerprint density at radius 3 is 2.37 bits per heavy atom. The molecule has 2 heterocycles. The fourth-order valence-electron chi connectivity index (χ4n) is 4.60. The molecule has 1 atom stereocenters. The van der Waals surface area contributed by atoms with Crippen molar-refractivity contribution < 1.29 is 36.2 Å². The number of halogens is 4. The molecule has 4 aromatic rings. The number of carbonyl (C=O) groups excluding carboxylic acids is 1. The van der Waals surface area contributed by atoms with Crippen molar-refractivity contribution in [1.29, 1.82) is 0 Å². The number of alkyl halides is 3. The van der Waals surface area contributed by atoms with E-state index < -0.39 is 34.9 Å². The quantitative estimate of drug-likeness (QED) is 0.268. The van der Waals surface area contributed by atoms with E-state index in [2.05, 4.69) is 0 Å². The van der Waals surface area contributed by atoms with E-state index in [1.165, 1.54) is 18.2 Å². The topological polar surface area (TPSA) is 69.0 Å². The van der Waals surface area contributed by atoms with E-state index in [0.29, 0.717) is 23.7 Å². The van der Waals surface area contributed by atoms with Gasteiger partial charge in [-0.25, -0.2) is 4.39 Å². The molecule has 6 nitrogen and oxygen atoms in total. The zero-order chi connectivity index (χ0) is 27.2. The molecular weight excluding hydrogens is 506 g/mol. The van der Waals surface area contributed by atoms with Crippen molar-refractivity contribution >= 4 is 22.6 Å². The summed E-state index contributed by atoms with van der Waals surface area (Å²) in [7, 11) is 0. The molecule has 0 aliphatic carbocycles. The lowest BCUT2D eigenvalue weighted by atomic mass is 9.97. The number of benzene rings is 3. The summed E-state index contributed by atoms with van der Waals surface area (Å²) in [5.41, 5.74) is -1.50. The summed E-state index contributed by atoms with van der Waals surface area (Å²) in [6.45, 7) is 4.19. The molecule has 1 aliphatic rings. The van der Waals surface area contributed by atoms with Crippen LogP contribution >= 0.6 is 0 Å². The molecule has 1 amide bonds. The van der Waals surface area contributed by atoms with Gasteiger partial charge in [-0.3, -0.25) is 14.5 Å². The zero-order valence-electron chi connectivity index (χ0n) is 20.3. The maximum absolute atomic E-state index is 14.0. The molecule has 5 rings (SSSR count). The van der Waals surface area contributed by atoms with Crippen LogP contribution in [0.3, 0.4) is 0 Å². The van der Waals surface area contributed by atoms with Gasteiger partial charge < -0.3 is 13.9 Å². The average Bonchev–Trinajstić information content (AvgIpc) is 3.18. The first-order valence-electron chi connectivity index (χ1n) is 11.8. The van der Waals surface area contributed by atoms with Gasteiger partial charge in [0.05, 0.1) is 35.8 Å². The molecule has 1 aliphatic heterocycles. The second kappa shape index (κ2) is 9.51. The van der Waals surface area contributed by atoms with E-state index >= 15 is 0 Å². The van der Waals surface area contributed by atoms with Gasteiger partial charge in [-0.05, 0) is 67.9 Å². The Morgan fingerprint density at radius 2 is 1.66 bits per heavy atom. The van der Waals surface area contributed by atoms with Crippen molar-refractivity contribution in [3.8, 4) is 11.5 Å². The molecule has 0 bridgehead atoms. The fourth-order valence-corrected chi connectivity index (χ4v) is 4.60. The van der Waals surface area contributed by atoms with Crippen LogP contribution in [-0.4, -0.2) is 19.1 Å². The van der Waals surface area contributed by atoms with Crippen molar-refractivity contribution in [3.05, 3.63) is 99.2 Å². The highest BCUT2D eigenvalue weighted by Crippen LogP contribution is 2.44. The van der Waals surface area contributed by atoms with Crippen LogP contribution in [0, 0.1) is 5.82 Å². The number of hydrogen-bond acceptors (Lipinski definition) is 5. The van der Waals surface area contributed by atoms with Gasteiger partial charge >= 0.3 is 6.18 Å². The number of hydrogen-bond donors (Lipinski definition) is 0. The minimum absolute atomic E-state index is 0.0187. The van der Waals surface area contributed by atoms with Gasteiger partial charge in [0.25, 0.3) is 5.91 Å². The van der Waals surface area contributed by atoms with Crippen LogP contribution in [0.1, 0.15) is 47.1 Å². The largest absolute Gasteiger partial charge is 0.490 e. The Balaban J connectivity index is 1.78. The molecule has 0 spiro atoms. The summed E-state index contributed by atoms with van der Waals surface area (Å²) in [5, 5.41) is -0.0941. The molecule has 0 fully saturated rings. The molecule has 1 unspecified atom stereocenters. The van der Waals surface area contributed by atoms with Crippen LogP contribution in [0.2, 0.25) is 0 Å². The Bertz CT molecular complexity index is 1610. The van der Waals surface area contributed by atoms with Crippen LogP contribution in [-0.2, 0) is 6.18 Å². The van der Waals surface area contributed by atoms with E-state index in [1.54, 1.807) is 32.0 Å². The standard InChI is InChI=1S/C28H21F4NO5/c1-3-36-21-10-8-15(12-22(21)37-4-2)24-23-25(34)19-14-17(29)9-11-20(19)38-26(23)27(35)33(24)18-7-5-6-16(13-18)28(30,31)32/h5-14,24H,3-4H2,1-2H3. The summed E-state index contributed by atoms with van der Waals surface area (Å²) >= 11 is 0. The van der Waals surface area contributed by atoms with Crippen LogP contribution in [0.4, 0.5) is 23.2 Å². The van der Waals surface area contributed by atoms with Crippen molar-refractivity contribution in [3.63, 3.8) is 0 Å². The summed E-state index contributed by atoms with van der Waals surface area (Å²) in [4.78, 5) is 28.4. The summed E-state index contributed by atoms with van der Waals surface area (Å²) in [6.07, 6.45) is -4.66. The van der Waals surface area contributed by atoms with Gasteiger partial charge in [0, 0.05) is 5.69 Å². The van der Waals surface area contributed by atoms with Crippen LogP contribution in [0.5, 0.6) is 11.5 Å². The third kappa shape index (κ3) is 4.25. The predicted octanol–water partition coefficient (Wildman–Crippen LogP) is 6.50. The summed E-state index contributed by atoms with van der Waals surface area (Å²) < 4.78 is 71.7. The Kier molecular flexibility index (Phi) is 6.34. The first kappa shape index (κ1) is 25.3. The SMILES string of the molecule is CCOc1ccc(C2c3c(oc4ccc(F)cc4c3=O)C(=O)N2c2cccc(C(F)(F)F)c2)cc1OCC. The lowest BCUT2D eigenvalue weighted by molar-refractivity contribution is -0.137. The third-order valence-electron chi connectivity index (χ3n) is 6.17. The van der Waals surface area contributed by atoms with Crippen LogP contribution in [0.25, 0.3) is 11.0 Å². The predicted molar refractivity (Wildman–Crippen MR) is 131 cm³/mol. The van der Waals surface area contributed by atoms with E-state index in [9.17, 15) is 27.2 Å². The third-order valence-corrected chi connectivity index (χ3v) is 6.17. The minimum atomic E-state index is -4.66. The fraction of sp³-hybridized carbons (Fsp3) is 0.214. The lowest BCUT2D eigenvalue weighted by Crippen LogP contribution is -2.29. The monoisotopic (exact) mass is 527 g/mol. The second-order valence-electron chi connectivity index (χ2n) is 8.51. The maximum atomic E-state index is 14.0. The Hall–Kier alpha value is -4.34. The van der Waals surface area contributed by atoms with Crippen LogP contribution < -0.4 is 19.8 Å². The van der Waals surface area contributed by atoms with E-state index in [0.717, 1.165) is 29.2 Å². The van der Waals surface area contributed by atoms with Crippen molar-refractivity contribution in [2.45, 2.75) is 26.1 Å². The maximum Gasteiger partial charge on any atom is 0.416 e. The number of nitrogens with zero attached hydrogens (tertiary/aromatic N) is 1. The molecule has 38 heavy (non-hydrogen) atoms. The molecule has 3 aromatic carbocycles. The molecular formula is C28H21F4NO5. The zero-order valence-corrected chi connectivity index (χ0v) is 20.3. The highest BCUT2D eigenvalue weighted by Gasteiger charge is 2.44. The smallest absolute Gasteiger partial charge is 0.416 e. The Labute approximate surface area is 214 Å². The number of carbonyl (C=O) groups is 1. The second-order valence-corrected chi connectivity index (χ2v) is 8.51. The van der Waals surface area contributed by atoms with Crippen molar-refractivity contribution in [1.82, 2.24) is 0 Å². The van der Waals surface area contributed by atoms with Gasteiger partial charge in [-0.2, -0.15) is 13.2 Å². The first-order chi connectivity index (χ1) is 18.1. The normalized spacial score (nSPS) is 15.2. The molecule has 1 aromatic heterocycles. The molecule has 0 saturated heterocycles. The van der Waals surface area contributed by atoms with E-state index in [1.807, 2.05) is 0 Å². The molecule has 196 valence electrons.